The Bertz CT molecular complexity index is 164. The average molecular weight is 171 g/mol. The maximum Gasteiger partial charge on any atom is 0.409 e. The minimum absolute atomic E-state index is 0.0147. The first-order chi connectivity index (χ1) is 5.59. The number of rotatable bonds is 3. The van der Waals surface area contributed by atoms with Gasteiger partial charge in [0.2, 0.25) is 0 Å². The molecule has 0 heterocycles. The smallest absolute Gasteiger partial charge is 0.409 e. The molecular weight excluding hydrogens is 154 g/mol. The van der Waals surface area contributed by atoms with E-state index in [9.17, 15) is 4.79 Å². The van der Waals surface area contributed by atoms with Gasteiger partial charge < -0.3 is 9.64 Å². The van der Waals surface area contributed by atoms with Gasteiger partial charge in [-0.05, 0) is 32.6 Å². The fourth-order valence-electron chi connectivity index (χ4n) is 1.05. The SMILES string of the molecule is CC(C)OC(=O)N(C)CC1CC1. The Kier molecular flexibility index (Phi) is 2.95. The molecule has 0 N–H and O–H groups in total. The molecule has 1 amide bonds. The molecule has 0 aromatic carbocycles. The normalized spacial score (nSPS) is 16.3. The molecule has 0 atom stereocenters. The molecule has 0 aromatic heterocycles. The highest BCUT2D eigenvalue weighted by molar-refractivity contribution is 5.67. The summed E-state index contributed by atoms with van der Waals surface area (Å²) in [6, 6.07) is 0. The van der Waals surface area contributed by atoms with Gasteiger partial charge in [0.25, 0.3) is 0 Å². The zero-order chi connectivity index (χ0) is 9.14. The van der Waals surface area contributed by atoms with Crippen LogP contribution in [0.5, 0.6) is 0 Å². The maximum atomic E-state index is 11.2. The molecule has 0 unspecified atom stereocenters. The average Bonchev–Trinajstić information content (AvgIpc) is 2.70. The molecular formula is C9H17NO2. The number of nitrogens with zero attached hydrogens (tertiary/aromatic N) is 1. The van der Waals surface area contributed by atoms with Gasteiger partial charge in [0.05, 0.1) is 6.10 Å². The van der Waals surface area contributed by atoms with Crippen molar-refractivity contribution in [3.63, 3.8) is 0 Å². The van der Waals surface area contributed by atoms with Gasteiger partial charge in [-0.1, -0.05) is 0 Å². The van der Waals surface area contributed by atoms with Crippen molar-refractivity contribution >= 4 is 6.09 Å². The second kappa shape index (κ2) is 3.78. The molecule has 1 aliphatic rings. The first kappa shape index (κ1) is 9.36. The van der Waals surface area contributed by atoms with Gasteiger partial charge >= 0.3 is 6.09 Å². The molecule has 1 aliphatic carbocycles. The Hall–Kier alpha value is -0.730. The van der Waals surface area contributed by atoms with Gasteiger partial charge in [-0.2, -0.15) is 0 Å². The van der Waals surface area contributed by atoms with E-state index in [0.717, 1.165) is 12.5 Å². The van der Waals surface area contributed by atoms with E-state index >= 15 is 0 Å². The minimum Gasteiger partial charge on any atom is -0.447 e. The third kappa shape index (κ3) is 3.11. The van der Waals surface area contributed by atoms with Gasteiger partial charge in [-0.25, -0.2) is 4.79 Å². The standard InChI is InChI=1S/C9H17NO2/c1-7(2)12-9(11)10(3)6-8-4-5-8/h7-8H,4-6H2,1-3H3. The zero-order valence-electron chi connectivity index (χ0n) is 8.04. The molecule has 0 radical (unpaired) electrons. The lowest BCUT2D eigenvalue weighted by atomic mass is 10.4. The molecule has 0 aliphatic heterocycles. The predicted octanol–water partition coefficient (Wildman–Crippen LogP) is 1.87. The number of carbonyl (C=O) groups excluding carboxylic acids is 1. The number of hydrogen-bond acceptors (Lipinski definition) is 2. The highest BCUT2D eigenvalue weighted by Crippen LogP contribution is 2.29. The molecule has 1 fully saturated rings. The van der Waals surface area contributed by atoms with E-state index < -0.39 is 0 Å². The van der Waals surface area contributed by atoms with Gasteiger partial charge in [0.1, 0.15) is 0 Å². The van der Waals surface area contributed by atoms with E-state index in [2.05, 4.69) is 0 Å². The van der Waals surface area contributed by atoms with Gasteiger partial charge in [0.15, 0.2) is 0 Å². The molecule has 1 saturated carbocycles. The van der Waals surface area contributed by atoms with Crippen molar-refractivity contribution in [3.05, 3.63) is 0 Å². The monoisotopic (exact) mass is 171 g/mol. The Balaban J connectivity index is 2.19. The van der Waals surface area contributed by atoms with Crippen LogP contribution in [0.3, 0.4) is 0 Å². The molecule has 0 spiro atoms. The topological polar surface area (TPSA) is 29.5 Å². The summed E-state index contributed by atoms with van der Waals surface area (Å²) in [5, 5.41) is 0. The van der Waals surface area contributed by atoms with Crippen molar-refractivity contribution in [1.29, 1.82) is 0 Å². The summed E-state index contributed by atoms with van der Waals surface area (Å²) in [6.45, 7) is 4.58. The van der Waals surface area contributed by atoms with Crippen LogP contribution < -0.4 is 0 Å². The van der Waals surface area contributed by atoms with Crippen molar-refractivity contribution in [2.24, 2.45) is 5.92 Å². The lowest BCUT2D eigenvalue weighted by molar-refractivity contribution is 0.0829. The fourth-order valence-corrected chi connectivity index (χ4v) is 1.05. The van der Waals surface area contributed by atoms with E-state index in [-0.39, 0.29) is 12.2 Å². The summed E-state index contributed by atoms with van der Waals surface area (Å²) < 4.78 is 5.03. The van der Waals surface area contributed by atoms with Crippen LogP contribution in [0.1, 0.15) is 26.7 Å². The van der Waals surface area contributed by atoms with Crippen molar-refractivity contribution < 1.29 is 9.53 Å². The van der Waals surface area contributed by atoms with Gasteiger partial charge in [-0.3, -0.25) is 0 Å². The Morgan fingerprint density at radius 1 is 1.58 bits per heavy atom. The fraction of sp³-hybridized carbons (Fsp3) is 0.889. The van der Waals surface area contributed by atoms with Gasteiger partial charge in [0, 0.05) is 13.6 Å². The Morgan fingerprint density at radius 3 is 2.58 bits per heavy atom. The molecule has 70 valence electrons. The lowest BCUT2D eigenvalue weighted by Crippen LogP contribution is -2.31. The van der Waals surface area contributed by atoms with Crippen LogP contribution in [0, 0.1) is 5.92 Å². The molecule has 12 heavy (non-hydrogen) atoms. The van der Waals surface area contributed by atoms with Crippen LogP contribution in [0.4, 0.5) is 4.79 Å². The van der Waals surface area contributed by atoms with Crippen LogP contribution >= 0.6 is 0 Å². The van der Waals surface area contributed by atoms with Crippen LogP contribution in [0.15, 0.2) is 0 Å². The molecule has 0 saturated heterocycles. The molecule has 3 nitrogen and oxygen atoms in total. The summed E-state index contributed by atoms with van der Waals surface area (Å²) in [4.78, 5) is 12.9. The van der Waals surface area contributed by atoms with Gasteiger partial charge in [-0.15, -0.1) is 0 Å². The largest absolute Gasteiger partial charge is 0.447 e. The van der Waals surface area contributed by atoms with E-state index in [1.807, 2.05) is 13.8 Å². The van der Waals surface area contributed by atoms with Crippen LogP contribution in [0.25, 0.3) is 0 Å². The van der Waals surface area contributed by atoms with Crippen molar-refractivity contribution in [1.82, 2.24) is 4.90 Å². The van der Waals surface area contributed by atoms with E-state index in [1.165, 1.54) is 12.8 Å². The second-order valence-corrected chi connectivity index (χ2v) is 3.76. The Morgan fingerprint density at radius 2 is 2.17 bits per heavy atom. The summed E-state index contributed by atoms with van der Waals surface area (Å²) in [7, 11) is 1.79. The predicted molar refractivity (Wildman–Crippen MR) is 47.0 cm³/mol. The third-order valence-corrected chi connectivity index (χ3v) is 1.88. The molecule has 1 rings (SSSR count). The van der Waals surface area contributed by atoms with E-state index in [1.54, 1.807) is 11.9 Å². The van der Waals surface area contributed by atoms with Crippen LogP contribution in [-0.4, -0.2) is 30.7 Å². The first-order valence-corrected chi connectivity index (χ1v) is 4.51. The zero-order valence-corrected chi connectivity index (χ0v) is 8.04. The van der Waals surface area contributed by atoms with Crippen molar-refractivity contribution in [3.8, 4) is 0 Å². The van der Waals surface area contributed by atoms with E-state index in [0.29, 0.717) is 0 Å². The lowest BCUT2D eigenvalue weighted by Gasteiger charge is -2.18. The van der Waals surface area contributed by atoms with Crippen molar-refractivity contribution in [2.75, 3.05) is 13.6 Å². The number of amides is 1. The highest BCUT2D eigenvalue weighted by Gasteiger charge is 2.25. The van der Waals surface area contributed by atoms with Crippen LogP contribution in [0.2, 0.25) is 0 Å². The molecule has 0 aromatic rings. The number of ether oxygens (including phenoxy) is 1. The second-order valence-electron chi connectivity index (χ2n) is 3.76. The summed E-state index contributed by atoms with van der Waals surface area (Å²) in [5.41, 5.74) is 0. The summed E-state index contributed by atoms with van der Waals surface area (Å²) >= 11 is 0. The summed E-state index contributed by atoms with van der Waals surface area (Å²) in [6.07, 6.45) is 2.31. The third-order valence-electron chi connectivity index (χ3n) is 1.88. The molecule has 3 heteroatoms. The quantitative estimate of drug-likeness (QED) is 0.648. The van der Waals surface area contributed by atoms with E-state index in [4.69, 9.17) is 4.74 Å². The van der Waals surface area contributed by atoms with Crippen molar-refractivity contribution in [2.45, 2.75) is 32.8 Å². The molecule has 0 bridgehead atoms. The number of carbonyl (C=O) groups is 1. The summed E-state index contributed by atoms with van der Waals surface area (Å²) in [5.74, 6) is 0.731. The minimum atomic E-state index is -0.197. The Labute approximate surface area is 73.7 Å². The number of hydrogen-bond donors (Lipinski definition) is 0. The van der Waals surface area contributed by atoms with Crippen LogP contribution in [-0.2, 0) is 4.74 Å². The maximum absolute atomic E-state index is 11.2. The first-order valence-electron chi connectivity index (χ1n) is 4.51. The highest BCUT2D eigenvalue weighted by atomic mass is 16.6.